The van der Waals surface area contributed by atoms with E-state index in [1.807, 2.05) is 6.26 Å². The molecule has 19 heavy (non-hydrogen) atoms. The number of carbonyl (C=O) groups excluding carboxylic acids is 1. The predicted octanol–water partition coefficient (Wildman–Crippen LogP) is 1.43. The van der Waals surface area contributed by atoms with Gasteiger partial charge in [0.25, 0.3) is 0 Å². The monoisotopic (exact) mass is 305 g/mol. The molecule has 1 rings (SSSR count). The number of esters is 1. The van der Waals surface area contributed by atoms with Crippen molar-refractivity contribution < 1.29 is 14.6 Å². The number of ether oxygens (including phenoxy) is 1. The highest BCUT2D eigenvalue weighted by molar-refractivity contribution is 7.98. The number of nitrogens with one attached hydrogen (secondary N) is 1. The summed E-state index contributed by atoms with van der Waals surface area (Å²) in [6.07, 6.45) is 1.92. The molecule has 0 spiro atoms. The summed E-state index contributed by atoms with van der Waals surface area (Å²) < 4.78 is 8.86. The van der Waals surface area contributed by atoms with E-state index in [4.69, 9.17) is 10.5 Å². The lowest BCUT2D eigenvalue weighted by molar-refractivity contribution is 0.0528. The highest BCUT2D eigenvalue weighted by Crippen LogP contribution is 2.28. The molecule has 1 aromatic heterocycles. The van der Waals surface area contributed by atoms with Gasteiger partial charge in [0.15, 0.2) is 5.82 Å². The summed E-state index contributed by atoms with van der Waals surface area (Å²) in [6, 6.07) is 0. The first-order valence-electron chi connectivity index (χ1n) is 5.78. The Hall–Kier alpha value is -0.990. The molecular weight excluding hydrogens is 286 g/mol. The van der Waals surface area contributed by atoms with Gasteiger partial charge in [0.1, 0.15) is 10.6 Å². The van der Waals surface area contributed by atoms with E-state index in [1.54, 1.807) is 25.6 Å². The minimum atomic E-state index is -0.871. The fraction of sp³-hybridized carbons (Fsp3) is 0.636. The summed E-state index contributed by atoms with van der Waals surface area (Å²) in [7, 11) is 0. The Morgan fingerprint density at radius 3 is 2.95 bits per heavy atom. The first kappa shape index (κ1) is 16.1. The number of hydrogen-bond acceptors (Lipinski definition) is 8. The van der Waals surface area contributed by atoms with Gasteiger partial charge in [0.05, 0.1) is 12.2 Å². The van der Waals surface area contributed by atoms with Crippen molar-refractivity contribution in [3.8, 4) is 0 Å². The van der Waals surface area contributed by atoms with Crippen molar-refractivity contribution in [3.63, 3.8) is 0 Å². The number of thioether (sulfide) groups is 1. The number of rotatable bonds is 7. The number of anilines is 2. The maximum Gasteiger partial charge on any atom is 0.344 e. The third kappa shape index (κ3) is 4.55. The number of carbonyl (C=O) groups is 1. The summed E-state index contributed by atoms with van der Waals surface area (Å²) in [5, 5.41) is 13.6. The molecule has 0 bridgehead atoms. The molecule has 0 aliphatic rings. The average molecular weight is 305 g/mol. The van der Waals surface area contributed by atoms with Crippen LogP contribution in [0.5, 0.6) is 0 Å². The number of nitrogens with zero attached hydrogens (tertiary/aromatic N) is 1. The lowest BCUT2D eigenvalue weighted by atomic mass is 10.1. The molecule has 6 nitrogen and oxygen atoms in total. The van der Waals surface area contributed by atoms with Gasteiger partial charge in [-0.2, -0.15) is 16.1 Å². The Bertz CT molecular complexity index is 435. The number of aliphatic hydroxyl groups is 1. The van der Waals surface area contributed by atoms with Crippen LogP contribution in [0.3, 0.4) is 0 Å². The fourth-order valence-corrected chi connectivity index (χ4v) is 2.88. The van der Waals surface area contributed by atoms with Gasteiger partial charge in [-0.15, -0.1) is 0 Å². The van der Waals surface area contributed by atoms with E-state index < -0.39 is 11.6 Å². The van der Waals surface area contributed by atoms with Crippen molar-refractivity contribution >= 4 is 40.1 Å². The molecule has 1 unspecified atom stereocenters. The van der Waals surface area contributed by atoms with Crippen LogP contribution < -0.4 is 11.1 Å². The number of nitrogen functional groups attached to an aromatic ring is 1. The van der Waals surface area contributed by atoms with Gasteiger partial charge in [-0.1, -0.05) is 0 Å². The summed E-state index contributed by atoms with van der Waals surface area (Å²) in [4.78, 5) is 11.8. The van der Waals surface area contributed by atoms with Gasteiger partial charge in [-0.3, -0.25) is 0 Å². The van der Waals surface area contributed by atoms with Crippen LogP contribution >= 0.6 is 23.3 Å². The van der Waals surface area contributed by atoms with Crippen LogP contribution in [0.25, 0.3) is 0 Å². The SMILES string of the molecule is CCOC(=O)c1c(N)nsc1NCC(C)(O)CSC. The molecule has 0 fully saturated rings. The predicted molar refractivity (Wildman–Crippen MR) is 80.0 cm³/mol. The fourth-order valence-electron chi connectivity index (χ4n) is 1.46. The van der Waals surface area contributed by atoms with E-state index >= 15 is 0 Å². The molecule has 0 amide bonds. The quantitative estimate of drug-likeness (QED) is 0.655. The van der Waals surface area contributed by atoms with Crippen LogP contribution in [0.15, 0.2) is 0 Å². The highest BCUT2D eigenvalue weighted by atomic mass is 32.2. The first-order valence-corrected chi connectivity index (χ1v) is 7.95. The van der Waals surface area contributed by atoms with Crippen LogP contribution in [0, 0.1) is 0 Å². The minimum absolute atomic E-state index is 0.149. The number of hydrogen-bond donors (Lipinski definition) is 3. The second kappa shape index (κ2) is 6.97. The number of nitrogens with two attached hydrogens (primary N) is 1. The van der Waals surface area contributed by atoms with Crippen molar-refractivity contribution in [2.45, 2.75) is 19.4 Å². The molecule has 108 valence electrons. The summed E-state index contributed by atoms with van der Waals surface area (Å²) >= 11 is 2.63. The zero-order valence-corrected chi connectivity index (χ0v) is 12.9. The van der Waals surface area contributed by atoms with Crippen LogP contribution in [0.1, 0.15) is 24.2 Å². The van der Waals surface area contributed by atoms with Gasteiger partial charge in [0.2, 0.25) is 0 Å². The Kier molecular flexibility index (Phi) is 5.89. The van der Waals surface area contributed by atoms with Crippen molar-refractivity contribution in [1.29, 1.82) is 0 Å². The second-order valence-electron chi connectivity index (χ2n) is 4.28. The van der Waals surface area contributed by atoms with Gasteiger partial charge in [-0.05, 0) is 31.6 Å². The van der Waals surface area contributed by atoms with Crippen LogP contribution in [-0.2, 0) is 4.74 Å². The molecule has 0 aromatic carbocycles. The standard InChI is InChI=1S/C11H19N3O3S2/c1-4-17-10(15)7-8(12)14-19-9(7)13-5-11(2,16)6-18-3/h13,16H,4-6H2,1-3H3,(H2,12,14). The van der Waals surface area contributed by atoms with Crippen molar-refractivity contribution in [2.75, 3.05) is 36.2 Å². The van der Waals surface area contributed by atoms with E-state index in [-0.39, 0.29) is 18.0 Å². The molecule has 0 saturated heterocycles. The van der Waals surface area contributed by atoms with E-state index in [9.17, 15) is 9.90 Å². The molecule has 8 heteroatoms. The van der Waals surface area contributed by atoms with E-state index in [0.29, 0.717) is 17.3 Å². The van der Waals surface area contributed by atoms with E-state index in [0.717, 1.165) is 11.5 Å². The smallest absolute Gasteiger partial charge is 0.344 e. The Morgan fingerprint density at radius 1 is 1.68 bits per heavy atom. The maximum atomic E-state index is 11.8. The summed E-state index contributed by atoms with van der Waals surface area (Å²) in [6.45, 7) is 4.04. The Balaban J connectivity index is 2.77. The van der Waals surface area contributed by atoms with Gasteiger partial charge < -0.3 is 20.9 Å². The van der Waals surface area contributed by atoms with Gasteiger partial charge in [-0.25, -0.2) is 4.79 Å². The van der Waals surface area contributed by atoms with Crippen LogP contribution in [0.2, 0.25) is 0 Å². The van der Waals surface area contributed by atoms with Crippen molar-refractivity contribution in [2.24, 2.45) is 0 Å². The first-order chi connectivity index (χ1) is 8.91. The summed E-state index contributed by atoms with van der Waals surface area (Å²) in [5.41, 5.74) is 5.03. The molecular formula is C11H19N3O3S2. The third-order valence-corrected chi connectivity index (χ3v) is 4.01. The lowest BCUT2D eigenvalue weighted by Gasteiger charge is -2.22. The molecule has 0 saturated carbocycles. The normalized spacial score (nSPS) is 13.9. The largest absolute Gasteiger partial charge is 0.462 e. The molecule has 0 aliphatic carbocycles. The zero-order chi connectivity index (χ0) is 14.5. The molecule has 0 radical (unpaired) electrons. The third-order valence-electron chi connectivity index (χ3n) is 2.28. The van der Waals surface area contributed by atoms with Crippen LogP contribution in [-0.4, -0.2) is 46.2 Å². The lowest BCUT2D eigenvalue weighted by Crippen LogP contribution is -2.36. The highest BCUT2D eigenvalue weighted by Gasteiger charge is 2.24. The van der Waals surface area contributed by atoms with E-state index in [1.165, 1.54) is 0 Å². The van der Waals surface area contributed by atoms with E-state index in [2.05, 4.69) is 9.69 Å². The Labute approximate surface area is 120 Å². The molecule has 1 atom stereocenters. The van der Waals surface area contributed by atoms with Crippen LogP contribution in [0.4, 0.5) is 10.8 Å². The van der Waals surface area contributed by atoms with Crippen molar-refractivity contribution in [1.82, 2.24) is 4.37 Å². The second-order valence-corrected chi connectivity index (χ2v) is 5.92. The number of aromatic nitrogens is 1. The maximum absolute atomic E-state index is 11.8. The van der Waals surface area contributed by atoms with Crippen molar-refractivity contribution in [3.05, 3.63) is 5.56 Å². The minimum Gasteiger partial charge on any atom is -0.462 e. The molecule has 4 N–H and O–H groups in total. The average Bonchev–Trinajstić information content (AvgIpc) is 2.68. The summed E-state index contributed by atoms with van der Waals surface area (Å²) in [5.74, 6) is 0.236. The molecule has 0 aliphatic heterocycles. The topological polar surface area (TPSA) is 97.5 Å². The molecule has 1 aromatic rings. The molecule has 1 heterocycles. The zero-order valence-electron chi connectivity index (χ0n) is 11.2. The van der Waals surface area contributed by atoms with Gasteiger partial charge in [0, 0.05) is 12.3 Å². The van der Waals surface area contributed by atoms with Gasteiger partial charge >= 0.3 is 5.97 Å². The Morgan fingerprint density at radius 2 is 2.37 bits per heavy atom.